The van der Waals surface area contributed by atoms with Crippen molar-refractivity contribution < 1.29 is 8.42 Å². The molecule has 1 N–H and O–H groups in total. The first-order valence-electron chi connectivity index (χ1n) is 6.66. The molecular weight excluding hydrogens is 308 g/mol. The fourth-order valence-electron chi connectivity index (χ4n) is 1.92. The Hall–Kier alpha value is -1.43. The van der Waals surface area contributed by atoms with Crippen molar-refractivity contribution in [3.8, 4) is 0 Å². The maximum atomic E-state index is 11.9. The summed E-state index contributed by atoms with van der Waals surface area (Å²) >= 11 is 5.77. The molecule has 0 saturated carbocycles. The second-order valence-electron chi connectivity index (χ2n) is 4.74. The summed E-state index contributed by atoms with van der Waals surface area (Å²) in [5.41, 5.74) is 1.83. The maximum absolute atomic E-state index is 11.9. The van der Waals surface area contributed by atoms with Crippen LogP contribution in [0.2, 0.25) is 5.02 Å². The first kappa shape index (κ1) is 15.9. The van der Waals surface area contributed by atoms with E-state index in [-0.39, 0.29) is 5.75 Å². The fourth-order valence-corrected chi connectivity index (χ4v) is 3.23. The zero-order valence-electron chi connectivity index (χ0n) is 11.5. The van der Waals surface area contributed by atoms with E-state index in [1.807, 2.05) is 12.1 Å². The van der Waals surface area contributed by atoms with Gasteiger partial charge in [-0.05, 0) is 42.2 Å². The van der Waals surface area contributed by atoms with Crippen LogP contribution in [0.1, 0.15) is 17.5 Å². The third-order valence-corrected chi connectivity index (χ3v) is 4.57. The molecule has 0 spiro atoms. The predicted octanol–water partition coefficient (Wildman–Crippen LogP) is 2.79. The van der Waals surface area contributed by atoms with Crippen molar-refractivity contribution in [3.63, 3.8) is 0 Å². The molecule has 6 heteroatoms. The number of sulfonamides is 1. The molecule has 1 heterocycles. The molecule has 2 aromatic rings. The molecule has 0 unspecified atom stereocenters. The molecule has 0 atom stereocenters. The van der Waals surface area contributed by atoms with Crippen LogP contribution in [-0.4, -0.2) is 19.9 Å². The first-order chi connectivity index (χ1) is 10.1. The predicted molar refractivity (Wildman–Crippen MR) is 84.6 cm³/mol. The number of rotatable bonds is 7. The lowest BCUT2D eigenvalue weighted by Crippen LogP contribution is -2.26. The van der Waals surface area contributed by atoms with Crippen LogP contribution in [0.5, 0.6) is 0 Å². The molecule has 0 amide bonds. The van der Waals surface area contributed by atoms with E-state index in [1.165, 1.54) is 0 Å². The van der Waals surface area contributed by atoms with E-state index in [9.17, 15) is 8.42 Å². The highest BCUT2D eigenvalue weighted by Gasteiger charge is 2.10. The van der Waals surface area contributed by atoms with Gasteiger partial charge in [-0.15, -0.1) is 0 Å². The third-order valence-electron chi connectivity index (χ3n) is 2.96. The lowest BCUT2D eigenvalue weighted by molar-refractivity contribution is 0.578. The number of halogens is 1. The van der Waals surface area contributed by atoms with Gasteiger partial charge in [0.1, 0.15) is 0 Å². The Morgan fingerprint density at radius 2 is 1.86 bits per heavy atom. The van der Waals surface area contributed by atoms with Crippen LogP contribution < -0.4 is 4.72 Å². The van der Waals surface area contributed by atoms with E-state index >= 15 is 0 Å². The minimum atomic E-state index is -3.31. The second-order valence-corrected chi connectivity index (χ2v) is 6.99. The lowest BCUT2D eigenvalue weighted by atomic mass is 10.2. The molecule has 0 saturated heterocycles. The summed E-state index contributed by atoms with van der Waals surface area (Å²) < 4.78 is 26.5. The molecule has 0 radical (unpaired) electrons. The Morgan fingerprint density at radius 1 is 1.10 bits per heavy atom. The van der Waals surface area contributed by atoms with Crippen LogP contribution in [0.25, 0.3) is 0 Å². The molecule has 2 rings (SSSR count). The van der Waals surface area contributed by atoms with Crippen LogP contribution >= 0.6 is 11.6 Å². The smallest absolute Gasteiger partial charge is 0.215 e. The average Bonchev–Trinajstić information content (AvgIpc) is 2.47. The summed E-state index contributed by atoms with van der Waals surface area (Å²) in [7, 11) is -3.31. The van der Waals surface area contributed by atoms with Crippen molar-refractivity contribution in [1.29, 1.82) is 0 Å². The molecule has 21 heavy (non-hydrogen) atoms. The molecule has 1 aromatic carbocycles. The van der Waals surface area contributed by atoms with Gasteiger partial charge in [-0.1, -0.05) is 29.8 Å². The van der Waals surface area contributed by atoms with Gasteiger partial charge < -0.3 is 0 Å². The van der Waals surface area contributed by atoms with Gasteiger partial charge in [0.25, 0.3) is 0 Å². The van der Waals surface area contributed by atoms with E-state index in [2.05, 4.69) is 9.71 Å². The summed E-state index contributed by atoms with van der Waals surface area (Å²) in [5, 5.41) is 0.598. The number of aryl methyl sites for hydroxylation is 1. The van der Waals surface area contributed by atoms with E-state index in [1.54, 1.807) is 36.7 Å². The number of benzene rings is 1. The maximum Gasteiger partial charge on any atom is 0.215 e. The van der Waals surface area contributed by atoms with E-state index in [0.717, 1.165) is 24.0 Å². The van der Waals surface area contributed by atoms with E-state index < -0.39 is 10.0 Å². The molecule has 4 nitrogen and oxygen atoms in total. The Kier molecular flexibility index (Phi) is 5.73. The average molecular weight is 325 g/mol. The van der Waals surface area contributed by atoms with Crippen LogP contribution in [0.4, 0.5) is 0 Å². The minimum absolute atomic E-state index is 0.0307. The number of pyridine rings is 1. The molecule has 0 bridgehead atoms. The molecule has 0 fully saturated rings. The van der Waals surface area contributed by atoms with Crippen LogP contribution in [0, 0.1) is 0 Å². The van der Waals surface area contributed by atoms with Gasteiger partial charge in [-0.3, -0.25) is 4.98 Å². The zero-order valence-corrected chi connectivity index (χ0v) is 13.1. The molecular formula is C15H17ClN2O2S. The highest BCUT2D eigenvalue weighted by molar-refractivity contribution is 7.88. The molecule has 1 aromatic heterocycles. The van der Waals surface area contributed by atoms with Crippen molar-refractivity contribution in [3.05, 3.63) is 64.9 Å². The second kappa shape index (κ2) is 7.54. The third kappa shape index (κ3) is 5.83. The van der Waals surface area contributed by atoms with Gasteiger partial charge >= 0.3 is 0 Å². The molecule has 0 aliphatic rings. The number of hydrogen-bond donors (Lipinski definition) is 1. The largest absolute Gasteiger partial charge is 0.264 e. The van der Waals surface area contributed by atoms with Crippen LogP contribution in [0.15, 0.2) is 48.8 Å². The fraction of sp³-hybridized carbons (Fsp3) is 0.267. The number of nitrogens with zero attached hydrogens (tertiary/aromatic N) is 1. The SMILES string of the molecule is O=S(=O)(Cc1ccc(Cl)cc1)NCCCc1cccnc1. The van der Waals surface area contributed by atoms with Crippen LogP contribution in [-0.2, 0) is 22.2 Å². The van der Waals surface area contributed by atoms with Crippen molar-refractivity contribution in [2.45, 2.75) is 18.6 Å². The standard InChI is InChI=1S/C15H17ClN2O2S/c16-15-7-5-14(6-8-15)12-21(19,20)18-10-2-4-13-3-1-9-17-11-13/h1,3,5-9,11,18H,2,4,10,12H2. The van der Waals surface area contributed by atoms with Gasteiger partial charge in [-0.25, -0.2) is 13.1 Å². The summed E-state index contributed by atoms with van der Waals surface area (Å²) in [6.07, 6.45) is 5.06. The van der Waals surface area contributed by atoms with Gasteiger partial charge in [0.15, 0.2) is 0 Å². The number of nitrogens with one attached hydrogen (secondary N) is 1. The van der Waals surface area contributed by atoms with E-state index in [0.29, 0.717) is 11.6 Å². The van der Waals surface area contributed by atoms with Gasteiger partial charge in [0, 0.05) is 24.0 Å². The molecule has 0 aliphatic heterocycles. The highest BCUT2D eigenvalue weighted by atomic mass is 35.5. The quantitative estimate of drug-likeness (QED) is 0.797. The van der Waals surface area contributed by atoms with Crippen molar-refractivity contribution in [2.75, 3.05) is 6.54 Å². The van der Waals surface area contributed by atoms with Crippen molar-refractivity contribution in [2.24, 2.45) is 0 Å². The normalized spacial score (nSPS) is 11.5. The summed E-state index contributed by atoms with van der Waals surface area (Å²) in [6.45, 7) is 0.421. The number of hydrogen-bond acceptors (Lipinski definition) is 3. The zero-order chi connectivity index (χ0) is 15.1. The molecule has 112 valence electrons. The minimum Gasteiger partial charge on any atom is -0.264 e. The molecule has 0 aliphatic carbocycles. The van der Waals surface area contributed by atoms with Crippen molar-refractivity contribution >= 4 is 21.6 Å². The van der Waals surface area contributed by atoms with E-state index in [4.69, 9.17) is 11.6 Å². The van der Waals surface area contributed by atoms with Crippen LogP contribution in [0.3, 0.4) is 0 Å². The van der Waals surface area contributed by atoms with Gasteiger partial charge in [-0.2, -0.15) is 0 Å². The van der Waals surface area contributed by atoms with Crippen molar-refractivity contribution in [1.82, 2.24) is 9.71 Å². The van der Waals surface area contributed by atoms with Gasteiger partial charge in [0.2, 0.25) is 10.0 Å². The summed E-state index contributed by atoms with van der Waals surface area (Å²) in [4.78, 5) is 4.03. The number of aromatic nitrogens is 1. The summed E-state index contributed by atoms with van der Waals surface area (Å²) in [6, 6.07) is 10.7. The monoisotopic (exact) mass is 324 g/mol. The van der Waals surface area contributed by atoms with Gasteiger partial charge in [0.05, 0.1) is 5.75 Å². The first-order valence-corrected chi connectivity index (χ1v) is 8.69. The Bertz CT molecular complexity index is 658. The Balaban J connectivity index is 1.77. The lowest BCUT2D eigenvalue weighted by Gasteiger charge is -2.07. The Labute approximate surface area is 130 Å². The topological polar surface area (TPSA) is 59.1 Å². The Morgan fingerprint density at radius 3 is 2.52 bits per heavy atom. The summed E-state index contributed by atoms with van der Waals surface area (Å²) in [5.74, 6) is -0.0307. The highest BCUT2D eigenvalue weighted by Crippen LogP contribution is 2.11.